The maximum atomic E-state index is 11.7. The van der Waals surface area contributed by atoms with Gasteiger partial charge in [0, 0.05) is 4.91 Å². The lowest BCUT2D eigenvalue weighted by Crippen LogP contribution is -2.15. The molecule has 0 heterocycles. The predicted octanol–water partition coefficient (Wildman–Crippen LogP) is 2.14. The summed E-state index contributed by atoms with van der Waals surface area (Å²) in [5.41, 5.74) is 9.61. The van der Waals surface area contributed by atoms with E-state index in [0.717, 1.165) is 11.1 Å². The Balaban J connectivity index is 2.59. The van der Waals surface area contributed by atoms with Crippen LogP contribution < -0.4 is 0 Å². The molecule has 0 amide bonds. The van der Waals surface area contributed by atoms with E-state index in [2.05, 4.69) is 10.0 Å². The molecule has 0 aliphatic heterocycles. The highest BCUT2D eigenvalue weighted by molar-refractivity contribution is 5.77. The van der Waals surface area contributed by atoms with Crippen LogP contribution >= 0.6 is 0 Å². The average molecular weight is 249 g/mol. The molecule has 0 aliphatic carbocycles. The summed E-state index contributed by atoms with van der Waals surface area (Å²) in [6.45, 7) is 1.87. The number of carbonyl (C=O) groups is 1. The molecule has 0 saturated carbocycles. The molecule has 1 rings (SSSR count). The Morgan fingerprint density at radius 3 is 3.06 bits per heavy atom. The number of hydrogen-bond acceptors (Lipinski definition) is 4. The summed E-state index contributed by atoms with van der Waals surface area (Å²) in [4.78, 5) is 14.3. The van der Waals surface area contributed by atoms with Gasteiger partial charge < -0.3 is 9.84 Å². The Morgan fingerprint density at radius 1 is 1.61 bits per heavy atom. The second-order valence-electron chi connectivity index (χ2n) is 3.75. The number of ether oxygens (including phenoxy) is 1. The van der Waals surface area contributed by atoms with Crippen molar-refractivity contribution in [3.05, 3.63) is 45.8 Å². The van der Waals surface area contributed by atoms with Gasteiger partial charge in [0.2, 0.25) is 0 Å². The smallest absolute Gasteiger partial charge is 0.313 e. The number of hydrogen-bond donors (Lipinski definition) is 1. The van der Waals surface area contributed by atoms with Gasteiger partial charge in [0.1, 0.15) is 0 Å². The normalized spacial score (nSPS) is 11.4. The SMILES string of the molecule is CC(C(=O)OCCN=[N+]=[N-])c1cccc(CO)c1. The first kappa shape index (κ1) is 14.0. The van der Waals surface area contributed by atoms with Gasteiger partial charge in [0.25, 0.3) is 0 Å². The Bertz CT molecular complexity index is 456. The third-order valence-corrected chi connectivity index (χ3v) is 2.49. The number of azide groups is 1. The summed E-state index contributed by atoms with van der Waals surface area (Å²) in [5.74, 6) is -0.791. The Kier molecular flexibility index (Phi) is 5.70. The van der Waals surface area contributed by atoms with Crippen LogP contribution in [-0.4, -0.2) is 24.2 Å². The molecule has 0 bridgehead atoms. The predicted molar refractivity (Wildman–Crippen MR) is 65.8 cm³/mol. The molecule has 6 heteroatoms. The van der Waals surface area contributed by atoms with Gasteiger partial charge in [-0.25, -0.2) is 0 Å². The van der Waals surface area contributed by atoms with E-state index in [-0.39, 0.29) is 25.7 Å². The fourth-order valence-electron chi connectivity index (χ4n) is 1.45. The van der Waals surface area contributed by atoms with Gasteiger partial charge in [-0.2, -0.15) is 0 Å². The number of rotatable bonds is 6. The molecule has 6 nitrogen and oxygen atoms in total. The largest absolute Gasteiger partial charge is 0.465 e. The summed E-state index contributed by atoms with van der Waals surface area (Å²) < 4.78 is 4.97. The van der Waals surface area contributed by atoms with Crippen LogP contribution in [-0.2, 0) is 16.1 Å². The van der Waals surface area contributed by atoms with E-state index in [1.165, 1.54) is 0 Å². The third kappa shape index (κ3) is 4.08. The van der Waals surface area contributed by atoms with E-state index >= 15 is 0 Å². The molecule has 0 fully saturated rings. The third-order valence-electron chi connectivity index (χ3n) is 2.49. The van der Waals surface area contributed by atoms with Crippen LogP contribution in [0.2, 0.25) is 0 Å². The standard InChI is InChI=1S/C12H15N3O3/c1-9(12(17)18-6-5-14-15-13)11-4-2-3-10(7-11)8-16/h2-4,7,9,16H,5-6,8H2,1H3. The minimum absolute atomic E-state index is 0.0630. The monoisotopic (exact) mass is 249 g/mol. The number of aliphatic hydroxyl groups excluding tert-OH is 1. The summed E-state index contributed by atoms with van der Waals surface area (Å²) >= 11 is 0. The highest BCUT2D eigenvalue weighted by Gasteiger charge is 2.16. The van der Waals surface area contributed by atoms with E-state index in [4.69, 9.17) is 15.4 Å². The molecule has 1 atom stereocenters. The van der Waals surface area contributed by atoms with Crippen molar-refractivity contribution in [2.75, 3.05) is 13.2 Å². The van der Waals surface area contributed by atoms with Gasteiger partial charge in [0.05, 0.1) is 25.7 Å². The van der Waals surface area contributed by atoms with Crippen molar-refractivity contribution in [3.8, 4) is 0 Å². The number of esters is 1. The molecule has 96 valence electrons. The molecule has 0 saturated heterocycles. The zero-order valence-electron chi connectivity index (χ0n) is 10.1. The number of benzene rings is 1. The van der Waals surface area contributed by atoms with E-state index in [0.29, 0.717) is 0 Å². The lowest BCUT2D eigenvalue weighted by molar-refractivity contribution is -0.144. The van der Waals surface area contributed by atoms with Crippen molar-refractivity contribution in [1.29, 1.82) is 0 Å². The van der Waals surface area contributed by atoms with Crippen LogP contribution in [0.5, 0.6) is 0 Å². The number of aliphatic hydroxyl groups is 1. The van der Waals surface area contributed by atoms with Gasteiger partial charge in [-0.15, -0.1) is 0 Å². The van der Waals surface area contributed by atoms with E-state index in [1.807, 2.05) is 0 Å². The molecular weight excluding hydrogens is 234 g/mol. The quantitative estimate of drug-likeness (QED) is 0.275. The lowest BCUT2D eigenvalue weighted by Gasteiger charge is -2.12. The fourth-order valence-corrected chi connectivity index (χ4v) is 1.45. The van der Waals surface area contributed by atoms with Gasteiger partial charge in [-0.3, -0.25) is 4.79 Å². The second-order valence-corrected chi connectivity index (χ2v) is 3.75. The highest BCUT2D eigenvalue weighted by atomic mass is 16.5. The first-order valence-electron chi connectivity index (χ1n) is 5.56. The van der Waals surface area contributed by atoms with Crippen LogP contribution in [0.4, 0.5) is 0 Å². The minimum atomic E-state index is -0.414. The Hall–Kier alpha value is -2.04. The molecule has 1 N–H and O–H groups in total. The van der Waals surface area contributed by atoms with Gasteiger partial charge in [-0.1, -0.05) is 29.4 Å². The van der Waals surface area contributed by atoms with Crippen molar-refractivity contribution in [3.63, 3.8) is 0 Å². The van der Waals surface area contributed by atoms with Crippen LogP contribution in [0.3, 0.4) is 0 Å². The Morgan fingerprint density at radius 2 is 2.39 bits per heavy atom. The number of carbonyl (C=O) groups excluding carboxylic acids is 1. The van der Waals surface area contributed by atoms with Crippen molar-refractivity contribution >= 4 is 5.97 Å². The molecule has 0 spiro atoms. The topological polar surface area (TPSA) is 95.3 Å². The van der Waals surface area contributed by atoms with Crippen LogP contribution in [0.15, 0.2) is 29.4 Å². The highest BCUT2D eigenvalue weighted by Crippen LogP contribution is 2.18. The van der Waals surface area contributed by atoms with Crippen LogP contribution in [0, 0.1) is 0 Å². The molecule has 1 aromatic carbocycles. The molecule has 18 heavy (non-hydrogen) atoms. The van der Waals surface area contributed by atoms with Crippen molar-refractivity contribution in [2.45, 2.75) is 19.4 Å². The molecule has 0 aromatic heterocycles. The molecule has 0 radical (unpaired) electrons. The summed E-state index contributed by atoms with van der Waals surface area (Å²) in [6.07, 6.45) is 0. The first-order chi connectivity index (χ1) is 8.69. The minimum Gasteiger partial charge on any atom is -0.465 e. The lowest BCUT2D eigenvalue weighted by atomic mass is 9.99. The van der Waals surface area contributed by atoms with E-state index in [1.54, 1.807) is 31.2 Å². The van der Waals surface area contributed by atoms with Gasteiger partial charge in [0.15, 0.2) is 0 Å². The molecular formula is C12H15N3O3. The summed E-state index contributed by atoms with van der Waals surface area (Å²) in [5, 5.41) is 12.3. The van der Waals surface area contributed by atoms with Gasteiger partial charge >= 0.3 is 5.97 Å². The summed E-state index contributed by atoms with van der Waals surface area (Å²) in [6, 6.07) is 7.13. The zero-order chi connectivity index (χ0) is 13.4. The van der Waals surface area contributed by atoms with Crippen LogP contribution in [0.1, 0.15) is 24.0 Å². The van der Waals surface area contributed by atoms with Crippen molar-refractivity contribution in [2.24, 2.45) is 5.11 Å². The maximum Gasteiger partial charge on any atom is 0.313 e. The zero-order valence-corrected chi connectivity index (χ0v) is 10.1. The van der Waals surface area contributed by atoms with Gasteiger partial charge in [-0.05, 0) is 23.6 Å². The molecule has 1 unspecified atom stereocenters. The van der Waals surface area contributed by atoms with Crippen molar-refractivity contribution in [1.82, 2.24) is 0 Å². The maximum absolute atomic E-state index is 11.7. The van der Waals surface area contributed by atoms with E-state index < -0.39 is 5.92 Å². The van der Waals surface area contributed by atoms with E-state index in [9.17, 15) is 4.79 Å². The van der Waals surface area contributed by atoms with Crippen LogP contribution in [0.25, 0.3) is 10.4 Å². The Labute approximate surface area is 105 Å². The molecule has 0 aliphatic rings. The average Bonchev–Trinajstić information content (AvgIpc) is 2.42. The number of nitrogens with zero attached hydrogens (tertiary/aromatic N) is 3. The molecule has 1 aromatic rings. The fraction of sp³-hybridized carbons (Fsp3) is 0.417. The van der Waals surface area contributed by atoms with Crippen molar-refractivity contribution < 1.29 is 14.6 Å². The second kappa shape index (κ2) is 7.32. The first-order valence-corrected chi connectivity index (χ1v) is 5.56. The summed E-state index contributed by atoms with van der Waals surface area (Å²) in [7, 11) is 0.